The molecule has 1 unspecified atom stereocenters. The predicted molar refractivity (Wildman–Crippen MR) is 91.6 cm³/mol. The van der Waals surface area contributed by atoms with Crippen molar-refractivity contribution in [2.45, 2.75) is 25.8 Å². The highest BCUT2D eigenvalue weighted by Gasteiger charge is 2.16. The molecule has 0 aliphatic heterocycles. The van der Waals surface area contributed by atoms with E-state index in [1.54, 1.807) is 0 Å². The minimum absolute atomic E-state index is 0.326. The molecule has 0 saturated heterocycles. The molecule has 3 aromatic rings. The Hall–Kier alpha value is -2.59. The van der Waals surface area contributed by atoms with Crippen LogP contribution in [0.25, 0.3) is 10.9 Å². The van der Waals surface area contributed by atoms with Crippen molar-refractivity contribution in [1.29, 1.82) is 0 Å². The van der Waals surface area contributed by atoms with E-state index in [0.29, 0.717) is 6.42 Å². The molecule has 4 nitrogen and oxygen atoms in total. The Morgan fingerprint density at radius 3 is 2.61 bits per heavy atom. The van der Waals surface area contributed by atoms with Gasteiger partial charge >= 0.3 is 5.97 Å². The molecule has 0 aliphatic rings. The standard InChI is InChI=1S/C19H20N2O2/c1-12-14(9-13-5-3-2-4-6-13)7-8-16-15(11-21-18(12)16)10-17(20)19(22)23/h2-8,11,17,21H,9-10,20H2,1H3,(H,22,23). The lowest BCUT2D eigenvalue weighted by Crippen LogP contribution is -2.32. The fourth-order valence-corrected chi connectivity index (χ4v) is 2.95. The number of rotatable bonds is 5. The molecule has 0 spiro atoms. The zero-order valence-corrected chi connectivity index (χ0v) is 13.0. The summed E-state index contributed by atoms with van der Waals surface area (Å²) in [5, 5.41) is 10.0. The van der Waals surface area contributed by atoms with E-state index in [4.69, 9.17) is 10.8 Å². The third kappa shape index (κ3) is 3.12. The normalized spacial score (nSPS) is 12.4. The zero-order valence-electron chi connectivity index (χ0n) is 13.0. The van der Waals surface area contributed by atoms with Crippen LogP contribution in [0.4, 0.5) is 0 Å². The summed E-state index contributed by atoms with van der Waals surface area (Å²) >= 11 is 0. The van der Waals surface area contributed by atoms with E-state index in [1.807, 2.05) is 24.4 Å². The largest absolute Gasteiger partial charge is 0.480 e. The van der Waals surface area contributed by atoms with Crippen molar-refractivity contribution in [1.82, 2.24) is 4.98 Å². The number of aromatic amines is 1. The quantitative estimate of drug-likeness (QED) is 0.678. The molecule has 4 N–H and O–H groups in total. The van der Waals surface area contributed by atoms with Crippen LogP contribution in [0, 0.1) is 6.92 Å². The van der Waals surface area contributed by atoms with Crippen LogP contribution in [-0.2, 0) is 17.6 Å². The van der Waals surface area contributed by atoms with Gasteiger partial charge in [0.25, 0.3) is 0 Å². The molecule has 0 bridgehead atoms. The Kier molecular flexibility index (Phi) is 4.17. The summed E-state index contributed by atoms with van der Waals surface area (Å²) in [5.41, 5.74) is 11.4. The van der Waals surface area contributed by atoms with E-state index in [-0.39, 0.29) is 0 Å². The average Bonchev–Trinajstić information content (AvgIpc) is 2.95. The number of aromatic nitrogens is 1. The van der Waals surface area contributed by atoms with Gasteiger partial charge in [-0.25, -0.2) is 0 Å². The SMILES string of the molecule is Cc1c(Cc2ccccc2)ccc2c(CC(N)C(=O)O)c[nH]c12. The van der Waals surface area contributed by atoms with Gasteiger partial charge in [0.2, 0.25) is 0 Å². The van der Waals surface area contributed by atoms with Gasteiger partial charge in [0.1, 0.15) is 6.04 Å². The van der Waals surface area contributed by atoms with Gasteiger partial charge in [-0.2, -0.15) is 0 Å². The average molecular weight is 308 g/mol. The minimum atomic E-state index is -0.975. The fraction of sp³-hybridized carbons (Fsp3) is 0.211. The zero-order chi connectivity index (χ0) is 16.4. The first-order valence-electron chi connectivity index (χ1n) is 7.67. The number of hydrogen-bond donors (Lipinski definition) is 3. The molecule has 118 valence electrons. The van der Waals surface area contributed by atoms with E-state index in [2.05, 4.69) is 36.2 Å². The molecule has 2 aromatic carbocycles. The van der Waals surface area contributed by atoms with Crippen LogP contribution in [-0.4, -0.2) is 22.1 Å². The summed E-state index contributed by atoms with van der Waals surface area (Å²) in [7, 11) is 0. The molecule has 0 aliphatic carbocycles. The molecular formula is C19H20N2O2. The second-order valence-corrected chi connectivity index (χ2v) is 5.90. The van der Waals surface area contributed by atoms with Crippen LogP contribution in [0.15, 0.2) is 48.7 Å². The molecule has 0 radical (unpaired) electrons. The maximum atomic E-state index is 11.0. The minimum Gasteiger partial charge on any atom is -0.480 e. The maximum Gasteiger partial charge on any atom is 0.320 e. The monoisotopic (exact) mass is 308 g/mol. The number of hydrogen-bond acceptors (Lipinski definition) is 2. The first-order valence-corrected chi connectivity index (χ1v) is 7.67. The van der Waals surface area contributed by atoms with E-state index >= 15 is 0 Å². The Bertz CT molecular complexity index is 837. The number of aryl methyl sites for hydroxylation is 1. The van der Waals surface area contributed by atoms with Gasteiger partial charge in [0.15, 0.2) is 0 Å². The first kappa shape index (κ1) is 15.3. The molecule has 4 heteroatoms. The van der Waals surface area contributed by atoms with Gasteiger partial charge in [0.05, 0.1) is 0 Å². The second kappa shape index (κ2) is 6.26. The lowest BCUT2D eigenvalue weighted by atomic mass is 9.97. The molecule has 0 amide bonds. The van der Waals surface area contributed by atoms with Crippen molar-refractivity contribution >= 4 is 16.9 Å². The molecule has 1 heterocycles. The Morgan fingerprint density at radius 1 is 1.17 bits per heavy atom. The molecule has 0 fully saturated rings. The number of nitrogens with two attached hydrogens (primary N) is 1. The topological polar surface area (TPSA) is 79.1 Å². The molecule has 1 atom stereocenters. The van der Waals surface area contributed by atoms with E-state index in [9.17, 15) is 4.79 Å². The lowest BCUT2D eigenvalue weighted by Gasteiger charge is -2.09. The van der Waals surface area contributed by atoms with E-state index in [1.165, 1.54) is 16.7 Å². The van der Waals surface area contributed by atoms with Gasteiger partial charge in [-0.1, -0.05) is 42.5 Å². The van der Waals surface area contributed by atoms with Crippen LogP contribution >= 0.6 is 0 Å². The third-order valence-electron chi connectivity index (χ3n) is 4.31. The van der Waals surface area contributed by atoms with Gasteiger partial charge in [-0.3, -0.25) is 4.79 Å². The van der Waals surface area contributed by atoms with Crippen LogP contribution in [0.1, 0.15) is 22.3 Å². The van der Waals surface area contributed by atoms with Gasteiger partial charge < -0.3 is 15.8 Å². The third-order valence-corrected chi connectivity index (χ3v) is 4.31. The van der Waals surface area contributed by atoms with E-state index < -0.39 is 12.0 Å². The van der Waals surface area contributed by atoms with Crippen LogP contribution in [0.2, 0.25) is 0 Å². The van der Waals surface area contributed by atoms with Crippen LogP contribution < -0.4 is 5.73 Å². The van der Waals surface area contributed by atoms with Crippen molar-refractivity contribution in [2.75, 3.05) is 0 Å². The first-order chi connectivity index (χ1) is 11.1. The molecule has 1 aromatic heterocycles. The number of aliphatic carboxylic acids is 1. The Morgan fingerprint density at radius 2 is 1.91 bits per heavy atom. The summed E-state index contributed by atoms with van der Waals surface area (Å²) in [6.45, 7) is 2.10. The molecular weight excluding hydrogens is 288 g/mol. The lowest BCUT2D eigenvalue weighted by molar-refractivity contribution is -0.138. The summed E-state index contributed by atoms with van der Waals surface area (Å²) < 4.78 is 0. The molecule has 3 rings (SSSR count). The van der Waals surface area contributed by atoms with Crippen molar-refractivity contribution in [3.05, 3.63) is 70.9 Å². The number of carbonyl (C=O) groups is 1. The fourth-order valence-electron chi connectivity index (χ4n) is 2.95. The van der Waals surface area contributed by atoms with Crippen LogP contribution in [0.5, 0.6) is 0 Å². The van der Waals surface area contributed by atoms with Crippen molar-refractivity contribution in [3.63, 3.8) is 0 Å². The highest BCUT2D eigenvalue weighted by atomic mass is 16.4. The van der Waals surface area contributed by atoms with Gasteiger partial charge in [-0.15, -0.1) is 0 Å². The van der Waals surface area contributed by atoms with Gasteiger partial charge in [0, 0.05) is 23.5 Å². The van der Waals surface area contributed by atoms with Crippen molar-refractivity contribution in [2.24, 2.45) is 5.73 Å². The smallest absolute Gasteiger partial charge is 0.320 e. The Labute approximate surface area is 134 Å². The summed E-state index contributed by atoms with van der Waals surface area (Å²) in [6.07, 6.45) is 3.07. The van der Waals surface area contributed by atoms with Crippen LogP contribution in [0.3, 0.4) is 0 Å². The predicted octanol–water partition coefficient (Wildman–Crippen LogP) is 3.02. The number of nitrogens with one attached hydrogen (secondary N) is 1. The van der Waals surface area contributed by atoms with Crippen molar-refractivity contribution < 1.29 is 9.90 Å². The second-order valence-electron chi connectivity index (χ2n) is 5.90. The van der Waals surface area contributed by atoms with Gasteiger partial charge in [-0.05, 0) is 35.6 Å². The van der Waals surface area contributed by atoms with Crippen molar-refractivity contribution in [3.8, 4) is 0 Å². The van der Waals surface area contributed by atoms with E-state index in [0.717, 1.165) is 22.9 Å². The number of carboxylic acid groups (broad SMARTS) is 1. The number of benzene rings is 2. The Balaban J connectivity index is 1.93. The maximum absolute atomic E-state index is 11.0. The highest BCUT2D eigenvalue weighted by Crippen LogP contribution is 2.26. The number of carboxylic acids is 1. The molecule has 0 saturated carbocycles. The summed E-state index contributed by atoms with van der Waals surface area (Å²) in [6, 6.07) is 13.6. The highest BCUT2D eigenvalue weighted by molar-refractivity contribution is 5.87. The summed E-state index contributed by atoms with van der Waals surface area (Å²) in [5.74, 6) is -0.975. The summed E-state index contributed by atoms with van der Waals surface area (Å²) in [4.78, 5) is 14.2. The number of H-pyrrole nitrogens is 1. The number of fused-ring (bicyclic) bond motifs is 1. The molecule has 23 heavy (non-hydrogen) atoms.